The molecular formula is C43H80NO7+. The van der Waals surface area contributed by atoms with Gasteiger partial charge in [-0.2, -0.15) is 0 Å². The number of ether oxygens (including phenoxy) is 3. The Morgan fingerprint density at radius 2 is 1.10 bits per heavy atom. The average molecular weight is 723 g/mol. The molecule has 0 radical (unpaired) electrons. The standard InChI is InChI=1S/C43H79NO7/c1-6-8-10-12-14-16-17-18-19-20-21-22-23-24-26-27-29-31-33-41(45)50-38-39(37-49-36-35-40(43(47)48)44(3,4)5)51-42(46)34-32-30-28-25-15-13-11-9-7-2/h9,11,15,25,39-40H,6-8,10,12-14,16-24,26-38H2,1-5H3/p+1/b11-9+,25-15+. The molecule has 0 spiro atoms. The molecular weight excluding hydrogens is 642 g/mol. The molecule has 0 aliphatic rings. The molecule has 8 nitrogen and oxygen atoms in total. The smallest absolute Gasteiger partial charge is 0.362 e. The van der Waals surface area contributed by atoms with Crippen molar-refractivity contribution < 1.29 is 38.2 Å². The van der Waals surface area contributed by atoms with Crippen molar-refractivity contribution in [2.75, 3.05) is 41.0 Å². The maximum Gasteiger partial charge on any atom is 0.362 e. The highest BCUT2D eigenvalue weighted by atomic mass is 16.6. The first kappa shape index (κ1) is 48.8. The van der Waals surface area contributed by atoms with E-state index in [0.29, 0.717) is 19.3 Å². The van der Waals surface area contributed by atoms with E-state index < -0.39 is 18.1 Å². The van der Waals surface area contributed by atoms with Crippen molar-refractivity contribution in [3.63, 3.8) is 0 Å². The number of nitrogens with zero attached hydrogens (tertiary/aromatic N) is 1. The molecule has 1 N–H and O–H groups in total. The van der Waals surface area contributed by atoms with Crippen molar-refractivity contribution >= 4 is 17.9 Å². The van der Waals surface area contributed by atoms with Gasteiger partial charge < -0.3 is 23.8 Å². The minimum absolute atomic E-state index is 0.0513. The summed E-state index contributed by atoms with van der Waals surface area (Å²) in [5.41, 5.74) is 0. The van der Waals surface area contributed by atoms with Gasteiger partial charge in [0.25, 0.3) is 0 Å². The maximum absolute atomic E-state index is 12.6. The molecule has 0 aliphatic carbocycles. The zero-order valence-corrected chi connectivity index (χ0v) is 33.8. The van der Waals surface area contributed by atoms with Gasteiger partial charge in [0.2, 0.25) is 0 Å². The number of hydrogen-bond donors (Lipinski definition) is 1. The van der Waals surface area contributed by atoms with Crippen LogP contribution in [0.5, 0.6) is 0 Å². The lowest BCUT2D eigenvalue weighted by molar-refractivity contribution is -0.887. The maximum atomic E-state index is 12.6. The van der Waals surface area contributed by atoms with Crippen LogP contribution >= 0.6 is 0 Å². The lowest BCUT2D eigenvalue weighted by Crippen LogP contribution is -2.50. The second-order valence-electron chi connectivity index (χ2n) is 15.2. The van der Waals surface area contributed by atoms with Crippen molar-refractivity contribution in [1.82, 2.24) is 0 Å². The number of carbonyl (C=O) groups excluding carboxylic acids is 2. The molecule has 298 valence electrons. The third-order valence-electron chi connectivity index (χ3n) is 9.37. The molecule has 0 aliphatic heterocycles. The average Bonchev–Trinajstić information content (AvgIpc) is 3.08. The van der Waals surface area contributed by atoms with Gasteiger partial charge >= 0.3 is 17.9 Å². The zero-order valence-electron chi connectivity index (χ0n) is 33.8. The molecule has 51 heavy (non-hydrogen) atoms. The summed E-state index contributed by atoms with van der Waals surface area (Å²) in [5.74, 6) is -1.51. The Morgan fingerprint density at radius 1 is 0.608 bits per heavy atom. The molecule has 8 heteroatoms. The monoisotopic (exact) mass is 723 g/mol. The Morgan fingerprint density at radius 3 is 1.61 bits per heavy atom. The van der Waals surface area contributed by atoms with E-state index in [1.807, 2.05) is 21.1 Å². The number of hydrogen-bond acceptors (Lipinski definition) is 6. The summed E-state index contributed by atoms with van der Waals surface area (Å²) >= 11 is 0. The fraction of sp³-hybridized carbons (Fsp3) is 0.837. The summed E-state index contributed by atoms with van der Waals surface area (Å²) in [4.78, 5) is 36.8. The van der Waals surface area contributed by atoms with Gasteiger partial charge in [-0.25, -0.2) is 4.79 Å². The van der Waals surface area contributed by atoms with E-state index in [0.717, 1.165) is 44.9 Å². The highest BCUT2D eigenvalue weighted by Crippen LogP contribution is 2.15. The highest BCUT2D eigenvalue weighted by molar-refractivity contribution is 5.72. The number of carbonyl (C=O) groups is 3. The summed E-state index contributed by atoms with van der Waals surface area (Å²) in [6, 6.07) is -0.616. The molecule has 0 saturated carbocycles. The third-order valence-corrected chi connectivity index (χ3v) is 9.37. The van der Waals surface area contributed by atoms with E-state index >= 15 is 0 Å². The van der Waals surface area contributed by atoms with Gasteiger partial charge in [0.05, 0.1) is 34.4 Å². The zero-order chi connectivity index (χ0) is 37.8. The number of likely N-dealkylation sites (N-methyl/N-ethyl adjacent to an activating group) is 1. The lowest BCUT2D eigenvalue weighted by Gasteiger charge is -2.31. The Bertz CT molecular complexity index is 895. The van der Waals surface area contributed by atoms with E-state index in [9.17, 15) is 19.5 Å². The van der Waals surface area contributed by atoms with Gasteiger partial charge in [-0.1, -0.05) is 147 Å². The number of carboxylic acids is 1. The second kappa shape index (κ2) is 34.9. The SMILES string of the molecule is CC/C=C/C/C=C/CCCCC(=O)OC(COCCC(C(=O)O)[N+](C)(C)C)COC(=O)CCCCCCCCCCCCCCCCCCCC. The molecule has 0 saturated heterocycles. The number of unbranched alkanes of at least 4 members (excludes halogenated alkanes) is 19. The molecule has 0 aromatic carbocycles. The third kappa shape index (κ3) is 33.4. The largest absolute Gasteiger partial charge is 0.477 e. The highest BCUT2D eigenvalue weighted by Gasteiger charge is 2.31. The van der Waals surface area contributed by atoms with Crippen molar-refractivity contribution in [2.45, 2.75) is 193 Å². The van der Waals surface area contributed by atoms with Crippen LogP contribution in [0.3, 0.4) is 0 Å². The number of quaternary nitrogens is 1. The summed E-state index contributed by atoms with van der Waals surface area (Å²) in [6.45, 7) is 4.58. The summed E-state index contributed by atoms with van der Waals surface area (Å²) in [7, 11) is 5.51. The topological polar surface area (TPSA) is 99.1 Å². The lowest BCUT2D eigenvalue weighted by atomic mass is 10.0. The van der Waals surface area contributed by atoms with E-state index in [-0.39, 0.29) is 42.7 Å². The molecule has 0 heterocycles. The Kier molecular flexibility index (Phi) is 33.4. The molecule has 0 fully saturated rings. The van der Waals surface area contributed by atoms with Crippen LogP contribution < -0.4 is 0 Å². The fourth-order valence-electron chi connectivity index (χ4n) is 6.13. The summed E-state index contributed by atoms with van der Waals surface area (Å²) in [5, 5.41) is 9.58. The van der Waals surface area contributed by atoms with E-state index in [2.05, 4.69) is 38.2 Å². The van der Waals surface area contributed by atoms with Crippen molar-refractivity contribution in [3.8, 4) is 0 Å². The molecule has 0 amide bonds. The molecule has 0 bridgehead atoms. The molecule has 0 rings (SSSR count). The van der Waals surface area contributed by atoms with Gasteiger partial charge in [0.15, 0.2) is 12.1 Å². The van der Waals surface area contributed by atoms with E-state index in [4.69, 9.17) is 14.2 Å². The predicted octanol–water partition coefficient (Wildman–Crippen LogP) is 10.9. The Balaban J connectivity index is 4.26. The van der Waals surface area contributed by atoms with E-state index in [1.54, 1.807) is 0 Å². The van der Waals surface area contributed by atoms with Crippen LogP contribution in [-0.4, -0.2) is 80.6 Å². The van der Waals surface area contributed by atoms with Crippen LogP contribution in [-0.2, 0) is 28.6 Å². The molecule has 0 aromatic heterocycles. The number of esters is 2. The van der Waals surface area contributed by atoms with Gasteiger partial charge in [0.1, 0.15) is 6.61 Å². The predicted molar refractivity (Wildman–Crippen MR) is 211 cm³/mol. The van der Waals surface area contributed by atoms with Crippen LogP contribution in [0, 0.1) is 0 Å². The fourth-order valence-corrected chi connectivity index (χ4v) is 6.13. The molecule has 2 unspecified atom stereocenters. The first-order valence-electron chi connectivity index (χ1n) is 20.9. The van der Waals surface area contributed by atoms with Crippen molar-refractivity contribution in [2.24, 2.45) is 0 Å². The first-order chi connectivity index (χ1) is 24.6. The van der Waals surface area contributed by atoms with Gasteiger partial charge in [-0.3, -0.25) is 9.59 Å². The van der Waals surface area contributed by atoms with Gasteiger partial charge in [-0.05, 0) is 38.5 Å². The van der Waals surface area contributed by atoms with Gasteiger partial charge in [0, 0.05) is 19.3 Å². The van der Waals surface area contributed by atoms with Crippen LogP contribution in [0.2, 0.25) is 0 Å². The Hall–Kier alpha value is -2.19. The van der Waals surface area contributed by atoms with Crippen LogP contribution in [0.25, 0.3) is 0 Å². The Labute approximate surface area is 313 Å². The molecule has 2 atom stereocenters. The summed E-state index contributed by atoms with van der Waals surface area (Å²) in [6.07, 6.45) is 36.7. The quantitative estimate of drug-likeness (QED) is 0.0295. The first-order valence-corrected chi connectivity index (χ1v) is 20.9. The minimum atomic E-state index is -0.880. The van der Waals surface area contributed by atoms with Crippen LogP contribution in [0.4, 0.5) is 0 Å². The number of aliphatic carboxylic acids is 1. The van der Waals surface area contributed by atoms with Crippen molar-refractivity contribution in [3.05, 3.63) is 24.3 Å². The van der Waals surface area contributed by atoms with Crippen molar-refractivity contribution in [1.29, 1.82) is 0 Å². The number of carboxylic acid groups (broad SMARTS) is 1. The van der Waals surface area contributed by atoms with E-state index in [1.165, 1.54) is 96.3 Å². The number of allylic oxidation sites excluding steroid dienone is 4. The molecule has 0 aromatic rings. The summed E-state index contributed by atoms with van der Waals surface area (Å²) < 4.78 is 17.2. The second-order valence-corrected chi connectivity index (χ2v) is 15.2. The van der Waals surface area contributed by atoms with Crippen LogP contribution in [0.1, 0.15) is 181 Å². The normalized spacial score (nSPS) is 13.2. The van der Waals surface area contributed by atoms with Crippen LogP contribution in [0.15, 0.2) is 24.3 Å². The van der Waals surface area contributed by atoms with Gasteiger partial charge in [-0.15, -0.1) is 0 Å². The number of rotatable bonds is 37. The minimum Gasteiger partial charge on any atom is -0.477 e.